The molecule has 0 aliphatic carbocycles. The van der Waals surface area contributed by atoms with E-state index in [0.29, 0.717) is 26.2 Å². The minimum Gasteiger partial charge on any atom is -0.395 e. The Balaban J connectivity index is 4.05. The molecular weight excluding hydrogens is 270 g/mol. The molecule has 0 aliphatic heterocycles. The lowest BCUT2D eigenvalue weighted by Crippen LogP contribution is -2.29. The van der Waals surface area contributed by atoms with Gasteiger partial charge in [-0.25, -0.2) is 0 Å². The van der Waals surface area contributed by atoms with Crippen molar-refractivity contribution in [1.29, 1.82) is 5.26 Å². The average molecular weight is 297 g/mol. The summed E-state index contributed by atoms with van der Waals surface area (Å²) in [6.07, 6.45) is 4.37. The van der Waals surface area contributed by atoms with E-state index in [-0.39, 0.29) is 18.1 Å². The standard InChI is InChI=1S/C15H27N3O3/c1-3-5-10-21-11-6-7-17-15(20)14(12-16)13-18(4-2)8-9-19/h13,19H,3-11H2,1-2H3,(H,17,20)/b14-13-. The molecule has 21 heavy (non-hydrogen) atoms. The van der Waals surface area contributed by atoms with E-state index in [1.165, 1.54) is 6.20 Å². The highest BCUT2D eigenvalue weighted by atomic mass is 16.5. The first-order valence-electron chi connectivity index (χ1n) is 7.52. The number of ether oxygens (including phenoxy) is 1. The van der Waals surface area contributed by atoms with Crippen molar-refractivity contribution in [3.8, 4) is 6.07 Å². The van der Waals surface area contributed by atoms with E-state index in [0.717, 1.165) is 25.9 Å². The molecule has 120 valence electrons. The SMILES string of the molecule is CCCCOCCCNC(=O)/C(C#N)=C\N(CC)CCO. The Labute approximate surface area is 127 Å². The van der Waals surface area contributed by atoms with Gasteiger partial charge in [0.2, 0.25) is 0 Å². The highest BCUT2D eigenvalue weighted by Gasteiger charge is 2.09. The summed E-state index contributed by atoms with van der Waals surface area (Å²) < 4.78 is 5.39. The lowest BCUT2D eigenvalue weighted by molar-refractivity contribution is -0.117. The number of nitrogens with one attached hydrogen (secondary N) is 1. The highest BCUT2D eigenvalue weighted by molar-refractivity contribution is 5.97. The predicted octanol–water partition coefficient (Wildman–Crippen LogP) is 1.03. The van der Waals surface area contributed by atoms with Gasteiger partial charge in [0, 0.05) is 39.0 Å². The van der Waals surface area contributed by atoms with Crippen LogP contribution in [0, 0.1) is 11.3 Å². The summed E-state index contributed by atoms with van der Waals surface area (Å²) in [5.41, 5.74) is 0.0530. The maximum atomic E-state index is 11.8. The molecule has 0 aromatic heterocycles. The van der Waals surface area contributed by atoms with Gasteiger partial charge in [0.25, 0.3) is 5.91 Å². The van der Waals surface area contributed by atoms with Crippen LogP contribution < -0.4 is 5.32 Å². The predicted molar refractivity (Wildman–Crippen MR) is 81.4 cm³/mol. The zero-order chi connectivity index (χ0) is 15.9. The topological polar surface area (TPSA) is 85.6 Å². The van der Waals surface area contributed by atoms with E-state index in [9.17, 15) is 4.79 Å². The van der Waals surface area contributed by atoms with Crippen LogP contribution in [0.25, 0.3) is 0 Å². The maximum Gasteiger partial charge on any atom is 0.263 e. The van der Waals surface area contributed by atoms with Gasteiger partial charge in [0.15, 0.2) is 0 Å². The van der Waals surface area contributed by atoms with E-state index < -0.39 is 0 Å². The molecule has 0 heterocycles. The zero-order valence-corrected chi connectivity index (χ0v) is 13.1. The number of amides is 1. The normalized spacial score (nSPS) is 11.0. The van der Waals surface area contributed by atoms with Crippen molar-refractivity contribution in [2.75, 3.05) is 39.5 Å². The minimum atomic E-state index is -0.387. The van der Waals surface area contributed by atoms with E-state index in [4.69, 9.17) is 15.1 Å². The first kappa shape index (κ1) is 19.4. The van der Waals surface area contributed by atoms with Crippen LogP contribution >= 0.6 is 0 Å². The first-order chi connectivity index (χ1) is 10.2. The summed E-state index contributed by atoms with van der Waals surface area (Å²) >= 11 is 0. The fraction of sp³-hybridized carbons (Fsp3) is 0.733. The largest absolute Gasteiger partial charge is 0.395 e. The second kappa shape index (κ2) is 13.4. The Morgan fingerprint density at radius 2 is 2.10 bits per heavy atom. The van der Waals surface area contributed by atoms with Crippen molar-refractivity contribution in [3.05, 3.63) is 11.8 Å². The van der Waals surface area contributed by atoms with Crippen LogP contribution in [0.3, 0.4) is 0 Å². The lowest BCUT2D eigenvalue weighted by Gasteiger charge is -2.17. The molecule has 0 rings (SSSR count). The quantitative estimate of drug-likeness (QED) is 0.319. The molecule has 0 radical (unpaired) electrons. The van der Waals surface area contributed by atoms with Crippen molar-refractivity contribution in [1.82, 2.24) is 10.2 Å². The molecule has 2 N–H and O–H groups in total. The van der Waals surface area contributed by atoms with Crippen molar-refractivity contribution in [2.45, 2.75) is 33.1 Å². The van der Waals surface area contributed by atoms with Gasteiger partial charge in [0.1, 0.15) is 11.6 Å². The second-order valence-electron chi connectivity index (χ2n) is 4.58. The van der Waals surface area contributed by atoms with Crippen LogP contribution in [0.4, 0.5) is 0 Å². The zero-order valence-electron chi connectivity index (χ0n) is 13.1. The number of nitrogens with zero attached hydrogens (tertiary/aromatic N) is 2. The molecule has 0 spiro atoms. The van der Waals surface area contributed by atoms with Gasteiger partial charge in [-0.05, 0) is 19.8 Å². The van der Waals surface area contributed by atoms with Gasteiger partial charge in [-0.15, -0.1) is 0 Å². The number of aliphatic hydroxyl groups is 1. The molecule has 1 amide bonds. The van der Waals surface area contributed by atoms with E-state index in [1.54, 1.807) is 4.90 Å². The maximum absolute atomic E-state index is 11.8. The fourth-order valence-corrected chi connectivity index (χ4v) is 1.58. The van der Waals surface area contributed by atoms with Crippen molar-refractivity contribution < 1.29 is 14.6 Å². The third-order valence-electron chi connectivity index (χ3n) is 2.86. The lowest BCUT2D eigenvalue weighted by atomic mass is 10.2. The summed E-state index contributed by atoms with van der Waals surface area (Å²) in [5, 5.41) is 20.6. The van der Waals surface area contributed by atoms with Gasteiger partial charge in [-0.2, -0.15) is 5.26 Å². The number of rotatable bonds is 12. The molecule has 6 nitrogen and oxygen atoms in total. The molecule has 0 aromatic carbocycles. The molecular formula is C15H27N3O3. The number of hydrogen-bond acceptors (Lipinski definition) is 5. The van der Waals surface area contributed by atoms with E-state index >= 15 is 0 Å². The minimum absolute atomic E-state index is 0.0141. The van der Waals surface area contributed by atoms with Crippen LogP contribution in [-0.4, -0.2) is 55.4 Å². The number of likely N-dealkylation sites (N-methyl/N-ethyl adjacent to an activating group) is 1. The number of unbranched alkanes of at least 4 members (excludes halogenated alkanes) is 1. The van der Waals surface area contributed by atoms with Crippen LogP contribution in [0.2, 0.25) is 0 Å². The van der Waals surface area contributed by atoms with Gasteiger partial charge < -0.3 is 20.1 Å². The Morgan fingerprint density at radius 1 is 1.38 bits per heavy atom. The molecule has 0 atom stereocenters. The highest BCUT2D eigenvalue weighted by Crippen LogP contribution is 1.98. The Morgan fingerprint density at radius 3 is 2.67 bits per heavy atom. The third-order valence-corrected chi connectivity index (χ3v) is 2.86. The summed E-state index contributed by atoms with van der Waals surface area (Å²) in [7, 11) is 0. The Bertz CT molecular complexity index is 351. The monoisotopic (exact) mass is 297 g/mol. The molecule has 0 aliphatic rings. The molecule has 0 bridgehead atoms. The van der Waals surface area contributed by atoms with Gasteiger partial charge in [-0.3, -0.25) is 4.79 Å². The van der Waals surface area contributed by atoms with Gasteiger partial charge >= 0.3 is 0 Å². The van der Waals surface area contributed by atoms with Gasteiger partial charge in [-0.1, -0.05) is 13.3 Å². The summed E-state index contributed by atoms with van der Waals surface area (Å²) in [6.45, 7) is 6.86. The smallest absolute Gasteiger partial charge is 0.263 e. The van der Waals surface area contributed by atoms with Crippen molar-refractivity contribution in [3.63, 3.8) is 0 Å². The fourth-order valence-electron chi connectivity index (χ4n) is 1.58. The van der Waals surface area contributed by atoms with Crippen molar-refractivity contribution in [2.24, 2.45) is 0 Å². The summed E-state index contributed by atoms with van der Waals surface area (Å²) in [4.78, 5) is 13.6. The number of carbonyl (C=O) groups excluding carboxylic acids is 1. The van der Waals surface area contributed by atoms with E-state index in [1.807, 2.05) is 13.0 Å². The molecule has 6 heteroatoms. The molecule has 0 saturated carbocycles. The van der Waals surface area contributed by atoms with Crippen molar-refractivity contribution >= 4 is 5.91 Å². The van der Waals surface area contributed by atoms with Crippen LogP contribution in [0.1, 0.15) is 33.1 Å². The molecule has 0 saturated heterocycles. The second-order valence-corrected chi connectivity index (χ2v) is 4.58. The summed E-state index contributed by atoms with van der Waals surface area (Å²) in [5.74, 6) is -0.387. The number of nitriles is 1. The summed E-state index contributed by atoms with van der Waals surface area (Å²) in [6, 6.07) is 1.89. The first-order valence-corrected chi connectivity index (χ1v) is 7.52. The molecule has 0 unspecified atom stereocenters. The number of hydrogen-bond donors (Lipinski definition) is 2. The molecule has 0 fully saturated rings. The van der Waals surface area contributed by atoms with Crippen LogP contribution in [0.5, 0.6) is 0 Å². The Hall–Kier alpha value is -1.58. The van der Waals surface area contributed by atoms with Crippen LogP contribution in [0.15, 0.2) is 11.8 Å². The number of carbonyl (C=O) groups is 1. The number of aliphatic hydroxyl groups excluding tert-OH is 1. The van der Waals surface area contributed by atoms with Crippen LogP contribution in [-0.2, 0) is 9.53 Å². The molecule has 0 aromatic rings. The average Bonchev–Trinajstić information content (AvgIpc) is 2.50. The van der Waals surface area contributed by atoms with Gasteiger partial charge in [0.05, 0.1) is 6.61 Å². The third kappa shape index (κ3) is 9.88. The van der Waals surface area contributed by atoms with E-state index in [2.05, 4.69) is 12.2 Å². The Kier molecular flexibility index (Phi) is 12.4.